The van der Waals surface area contributed by atoms with Crippen LogP contribution in [0.2, 0.25) is 0 Å². The van der Waals surface area contributed by atoms with E-state index in [1.807, 2.05) is 0 Å². The molecule has 0 amide bonds. The molecule has 0 aliphatic carbocycles. The summed E-state index contributed by atoms with van der Waals surface area (Å²) in [5.74, 6) is -6.72. The molecule has 120 valence electrons. The fourth-order valence-electron chi connectivity index (χ4n) is 1.76. The molecule has 0 aromatic rings. The average molecular weight is 304 g/mol. The molecule has 0 heterocycles. The van der Waals surface area contributed by atoms with Crippen molar-refractivity contribution in [3.8, 4) is 0 Å². The Morgan fingerprint density at radius 1 is 1.00 bits per heavy atom. The Morgan fingerprint density at radius 2 is 1.52 bits per heavy atom. The molecule has 0 saturated heterocycles. The van der Waals surface area contributed by atoms with Crippen LogP contribution in [0.5, 0.6) is 0 Å². The lowest BCUT2D eigenvalue weighted by Gasteiger charge is -2.30. The van der Waals surface area contributed by atoms with E-state index in [1.54, 1.807) is 0 Å². The van der Waals surface area contributed by atoms with Crippen molar-refractivity contribution in [2.24, 2.45) is 11.8 Å². The van der Waals surface area contributed by atoms with Crippen LogP contribution in [0, 0.1) is 11.8 Å². The van der Waals surface area contributed by atoms with Gasteiger partial charge in [0.05, 0.1) is 27.8 Å². The number of carbonyl (C=O) groups is 4. The number of methoxy groups -OCH3 is 3. The molecule has 8 nitrogen and oxygen atoms in total. The van der Waals surface area contributed by atoms with Crippen molar-refractivity contribution in [3.05, 3.63) is 0 Å². The topological polar surface area (TPSA) is 116 Å². The van der Waals surface area contributed by atoms with E-state index in [2.05, 4.69) is 14.2 Å². The number of hydrogen-bond acceptors (Lipinski definition) is 8. The Hall–Kier alpha value is -1.96. The fraction of sp³-hybridized carbons (Fsp3) is 0.692. The van der Waals surface area contributed by atoms with Gasteiger partial charge < -0.3 is 19.3 Å². The Bertz CT molecular complexity index is 428. The molecule has 0 aliphatic rings. The van der Waals surface area contributed by atoms with Gasteiger partial charge >= 0.3 is 17.9 Å². The molecular formula is C13H20O8. The predicted octanol–water partition coefficient (Wildman–Crippen LogP) is -0.532. The molecule has 0 fully saturated rings. The summed E-state index contributed by atoms with van der Waals surface area (Å²) in [5, 5.41) is 10.5. The monoisotopic (exact) mass is 304 g/mol. The first-order valence-electron chi connectivity index (χ1n) is 6.14. The summed E-state index contributed by atoms with van der Waals surface area (Å²) in [6, 6.07) is 0. The minimum absolute atomic E-state index is 0.678. The van der Waals surface area contributed by atoms with Gasteiger partial charge in [0.2, 0.25) is 0 Å². The van der Waals surface area contributed by atoms with Crippen LogP contribution in [0.25, 0.3) is 0 Å². The maximum atomic E-state index is 12.2. The standard InChI is InChI=1S/C13H20O8/c1-7(2)10(15)9(11(16)20-4)13(18,12(17)21-5)6-8(14)19-3/h7,9,18H,6H2,1-5H3. The van der Waals surface area contributed by atoms with Crippen LogP contribution in [0.1, 0.15) is 20.3 Å². The minimum Gasteiger partial charge on any atom is -0.469 e. The smallest absolute Gasteiger partial charge is 0.339 e. The molecular weight excluding hydrogens is 284 g/mol. The number of carbonyl (C=O) groups excluding carboxylic acids is 4. The number of ketones is 1. The van der Waals surface area contributed by atoms with Gasteiger partial charge in [0.25, 0.3) is 0 Å². The van der Waals surface area contributed by atoms with E-state index < -0.39 is 47.5 Å². The molecule has 2 atom stereocenters. The zero-order chi connectivity index (χ0) is 16.8. The van der Waals surface area contributed by atoms with E-state index in [9.17, 15) is 24.3 Å². The maximum Gasteiger partial charge on any atom is 0.339 e. The maximum absolute atomic E-state index is 12.2. The van der Waals surface area contributed by atoms with Gasteiger partial charge in [-0.1, -0.05) is 13.8 Å². The molecule has 0 spiro atoms. The first-order chi connectivity index (χ1) is 9.65. The Kier molecular flexibility index (Phi) is 7.00. The van der Waals surface area contributed by atoms with Crippen LogP contribution in [0.3, 0.4) is 0 Å². The lowest BCUT2D eigenvalue weighted by Crippen LogP contribution is -2.55. The second-order valence-corrected chi connectivity index (χ2v) is 4.68. The van der Waals surface area contributed by atoms with Gasteiger partial charge in [-0.05, 0) is 0 Å². The fourth-order valence-corrected chi connectivity index (χ4v) is 1.76. The summed E-state index contributed by atoms with van der Waals surface area (Å²) < 4.78 is 13.2. The highest BCUT2D eigenvalue weighted by molar-refractivity contribution is 6.06. The number of Topliss-reactive ketones (excluding diaryl/α,β-unsaturated/α-hetero) is 1. The highest BCUT2D eigenvalue weighted by atomic mass is 16.6. The Labute approximate surface area is 122 Å². The van der Waals surface area contributed by atoms with Crippen molar-refractivity contribution in [2.45, 2.75) is 25.9 Å². The van der Waals surface area contributed by atoms with E-state index in [1.165, 1.54) is 13.8 Å². The first kappa shape index (κ1) is 19.0. The van der Waals surface area contributed by atoms with Crippen LogP contribution in [0.4, 0.5) is 0 Å². The molecule has 0 aromatic carbocycles. The van der Waals surface area contributed by atoms with Gasteiger partial charge in [0.15, 0.2) is 17.3 Å². The van der Waals surface area contributed by atoms with Crippen molar-refractivity contribution >= 4 is 23.7 Å². The van der Waals surface area contributed by atoms with Crippen LogP contribution < -0.4 is 0 Å². The van der Waals surface area contributed by atoms with Crippen LogP contribution in [-0.2, 0) is 33.4 Å². The summed E-state index contributed by atoms with van der Waals surface area (Å²) in [5.41, 5.74) is -2.68. The molecule has 0 aromatic heterocycles. The van der Waals surface area contributed by atoms with Gasteiger partial charge in [0.1, 0.15) is 0 Å². The normalized spacial score (nSPS) is 14.8. The lowest BCUT2D eigenvalue weighted by atomic mass is 9.78. The zero-order valence-electron chi connectivity index (χ0n) is 12.7. The summed E-state index contributed by atoms with van der Waals surface area (Å²) in [6.45, 7) is 2.96. The molecule has 0 bridgehead atoms. The third-order valence-electron chi connectivity index (χ3n) is 2.95. The van der Waals surface area contributed by atoms with E-state index >= 15 is 0 Å². The minimum atomic E-state index is -2.68. The van der Waals surface area contributed by atoms with E-state index in [-0.39, 0.29) is 0 Å². The third-order valence-corrected chi connectivity index (χ3v) is 2.95. The highest BCUT2D eigenvalue weighted by Crippen LogP contribution is 2.28. The first-order valence-corrected chi connectivity index (χ1v) is 6.14. The van der Waals surface area contributed by atoms with Crippen molar-refractivity contribution in [1.29, 1.82) is 0 Å². The van der Waals surface area contributed by atoms with Crippen molar-refractivity contribution in [2.75, 3.05) is 21.3 Å². The third kappa shape index (κ3) is 4.25. The SMILES string of the molecule is COC(=O)CC(O)(C(=O)OC)C(C(=O)OC)C(=O)C(C)C. The molecule has 0 radical (unpaired) electrons. The van der Waals surface area contributed by atoms with Crippen molar-refractivity contribution in [1.82, 2.24) is 0 Å². The summed E-state index contributed by atoms with van der Waals surface area (Å²) in [6.07, 6.45) is -0.908. The molecule has 0 rings (SSSR count). The molecule has 0 aliphatic heterocycles. The zero-order valence-corrected chi connectivity index (χ0v) is 12.7. The van der Waals surface area contributed by atoms with Gasteiger partial charge in [-0.3, -0.25) is 14.4 Å². The molecule has 21 heavy (non-hydrogen) atoms. The van der Waals surface area contributed by atoms with Gasteiger partial charge in [-0.2, -0.15) is 0 Å². The van der Waals surface area contributed by atoms with Gasteiger partial charge in [-0.15, -0.1) is 0 Å². The Balaban J connectivity index is 5.89. The number of ether oxygens (including phenoxy) is 3. The van der Waals surface area contributed by atoms with Crippen molar-refractivity contribution in [3.63, 3.8) is 0 Å². The summed E-state index contributed by atoms with van der Waals surface area (Å²) >= 11 is 0. The molecule has 2 unspecified atom stereocenters. The predicted molar refractivity (Wildman–Crippen MR) is 68.9 cm³/mol. The number of aliphatic hydroxyl groups is 1. The van der Waals surface area contributed by atoms with E-state index in [0.29, 0.717) is 0 Å². The van der Waals surface area contributed by atoms with Crippen LogP contribution in [0.15, 0.2) is 0 Å². The van der Waals surface area contributed by atoms with Crippen molar-refractivity contribution < 1.29 is 38.5 Å². The van der Waals surface area contributed by atoms with Gasteiger partial charge in [-0.25, -0.2) is 4.79 Å². The van der Waals surface area contributed by atoms with Gasteiger partial charge in [0, 0.05) is 5.92 Å². The summed E-state index contributed by atoms with van der Waals surface area (Å²) in [7, 11) is 3.00. The molecule has 8 heteroatoms. The number of rotatable bonds is 7. The summed E-state index contributed by atoms with van der Waals surface area (Å²) in [4.78, 5) is 47.2. The largest absolute Gasteiger partial charge is 0.469 e. The number of esters is 3. The molecule has 1 N–H and O–H groups in total. The lowest BCUT2D eigenvalue weighted by molar-refractivity contribution is -0.185. The quantitative estimate of drug-likeness (QED) is 0.379. The Morgan fingerprint density at radius 3 is 1.86 bits per heavy atom. The van der Waals surface area contributed by atoms with Crippen LogP contribution >= 0.6 is 0 Å². The second-order valence-electron chi connectivity index (χ2n) is 4.68. The van der Waals surface area contributed by atoms with E-state index in [4.69, 9.17) is 0 Å². The van der Waals surface area contributed by atoms with E-state index in [0.717, 1.165) is 21.3 Å². The number of hydrogen-bond donors (Lipinski definition) is 1. The van der Waals surface area contributed by atoms with Crippen LogP contribution in [-0.4, -0.2) is 55.7 Å². The average Bonchev–Trinajstić information content (AvgIpc) is 2.45. The highest BCUT2D eigenvalue weighted by Gasteiger charge is 2.55. The molecule has 0 saturated carbocycles. The second kappa shape index (κ2) is 7.72.